The highest BCUT2D eigenvalue weighted by Crippen LogP contribution is 2.27. The molecule has 1 atom stereocenters. The molecule has 1 unspecified atom stereocenters. The molecule has 1 saturated heterocycles. The summed E-state index contributed by atoms with van der Waals surface area (Å²) < 4.78 is 25.6. The van der Waals surface area contributed by atoms with Gasteiger partial charge < -0.3 is 10.4 Å². The van der Waals surface area contributed by atoms with Crippen molar-refractivity contribution in [2.45, 2.75) is 17.7 Å². The molecule has 0 spiro atoms. The van der Waals surface area contributed by atoms with Crippen molar-refractivity contribution in [3.63, 3.8) is 0 Å². The molecule has 1 aromatic rings. The Labute approximate surface area is 114 Å². The van der Waals surface area contributed by atoms with Crippen LogP contribution in [-0.4, -0.2) is 53.6 Å². The molecular formula is C9H14N4O4S2. The Morgan fingerprint density at radius 1 is 1.58 bits per heavy atom. The lowest BCUT2D eigenvalue weighted by Gasteiger charge is -2.13. The van der Waals surface area contributed by atoms with Gasteiger partial charge in [0.15, 0.2) is 0 Å². The van der Waals surface area contributed by atoms with E-state index in [9.17, 15) is 13.2 Å². The van der Waals surface area contributed by atoms with Crippen LogP contribution in [0.25, 0.3) is 0 Å². The zero-order valence-corrected chi connectivity index (χ0v) is 11.9. The highest BCUT2D eigenvalue weighted by atomic mass is 32.2. The fraction of sp³-hybridized carbons (Fsp3) is 0.667. The summed E-state index contributed by atoms with van der Waals surface area (Å²) in [5, 5.41) is 18.8. The fourth-order valence-electron chi connectivity index (χ4n) is 1.79. The zero-order valence-electron chi connectivity index (χ0n) is 10.2. The van der Waals surface area contributed by atoms with Crippen LogP contribution in [0.4, 0.5) is 5.13 Å². The number of hydrogen-bond donors (Lipinski definition) is 2. The molecule has 106 valence electrons. The second-order valence-corrected chi connectivity index (χ2v) is 7.34. The maximum Gasteiger partial charge on any atom is 0.272 e. The van der Waals surface area contributed by atoms with E-state index in [1.807, 2.05) is 0 Å². The minimum Gasteiger partial charge on any atom is -0.396 e. The topological polar surface area (TPSA) is 112 Å². The number of sulfonamides is 1. The highest BCUT2D eigenvalue weighted by Gasteiger charge is 2.34. The summed E-state index contributed by atoms with van der Waals surface area (Å²) in [5.74, 6) is -0.362. The van der Waals surface area contributed by atoms with Crippen molar-refractivity contribution in [2.24, 2.45) is 5.92 Å². The smallest absolute Gasteiger partial charge is 0.272 e. The van der Waals surface area contributed by atoms with Crippen LogP contribution in [0.5, 0.6) is 0 Å². The zero-order chi connectivity index (χ0) is 14.0. The Morgan fingerprint density at radius 2 is 2.32 bits per heavy atom. The van der Waals surface area contributed by atoms with Crippen LogP contribution in [-0.2, 0) is 14.8 Å². The summed E-state index contributed by atoms with van der Waals surface area (Å²) in [6.45, 7) is 1.93. The molecule has 2 N–H and O–H groups in total. The SMILES string of the molecule is CC(=O)Nc1nnc(S(=O)(=O)N2CCC(CO)C2)s1. The van der Waals surface area contributed by atoms with Gasteiger partial charge in [-0.2, -0.15) is 4.31 Å². The van der Waals surface area contributed by atoms with E-state index in [4.69, 9.17) is 5.11 Å². The van der Waals surface area contributed by atoms with Gasteiger partial charge in [0.2, 0.25) is 15.4 Å². The highest BCUT2D eigenvalue weighted by molar-refractivity contribution is 7.91. The lowest BCUT2D eigenvalue weighted by molar-refractivity contribution is -0.114. The molecule has 0 radical (unpaired) electrons. The van der Waals surface area contributed by atoms with Gasteiger partial charge in [0.05, 0.1) is 0 Å². The maximum absolute atomic E-state index is 12.2. The number of nitrogens with one attached hydrogen (secondary N) is 1. The minimum atomic E-state index is -3.68. The van der Waals surface area contributed by atoms with E-state index in [2.05, 4.69) is 15.5 Å². The van der Waals surface area contributed by atoms with Gasteiger partial charge in [-0.3, -0.25) is 4.79 Å². The van der Waals surface area contributed by atoms with Gasteiger partial charge in [-0.25, -0.2) is 8.42 Å². The molecule has 1 aromatic heterocycles. The number of aliphatic hydroxyl groups excluding tert-OH is 1. The van der Waals surface area contributed by atoms with Crippen LogP contribution < -0.4 is 5.32 Å². The molecule has 1 aliphatic heterocycles. The molecule has 0 aliphatic carbocycles. The molecule has 0 bridgehead atoms. The van der Waals surface area contributed by atoms with Crippen LogP contribution in [0.1, 0.15) is 13.3 Å². The molecular weight excluding hydrogens is 292 g/mol. The molecule has 0 saturated carbocycles. The van der Waals surface area contributed by atoms with Crippen molar-refractivity contribution < 1.29 is 18.3 Å². The number of nitrogens with zero attached hydrogens (tertiary/aromatic N) is 3. The van der Waals surface area contributed by atoms with Crippen LogP contribution in [0.3, 0.4) is 0 Å². The molecule has 19 heavy (non-hydrogen) atoms. The first-order chi connectivity index (χ1) is 8.93. The fourth-order valence-corrected chi connectivity index (χ4v) is 4.41. The summed E-state index contributed by atoms with van der Waals surface area (Å²) in [6, 6.07) is 0. The van der Waals surface area contributed by atoms with Gasteiger partial charge >= 0.3 is 0 Å². The number of amides is 1. The number of hydrogen-bond acceptors (Lipinski definition) is 7. The number of rotatable bonds is 4. The van der Waals surface area contributed by atoms with E-state index >= 15 is 0 Å². The molecule has 2 rings (SSSR count). The summed E-state index contributed by atoms with van der Waals surface area (Å²) >= 11 is 0.818. The van der Waals surface area contributed by atoms with Crippen molar-refractivity contribution in [2.75, 3.05) is 25.0 Å². The average molecular weight is 306 g/mol. The number of aromatic nitrogens is 2. The van der Waals surface area contributed by atoms with E-state index < -0.39 is 10.0 Å². The predicted octanol–water partition coefficient (Wildman–Crippen LogP) is -0.501. The molecule has 8 nitrogen and oxygen atoms in total. The molecule has 1 fully saturated rings. The Bertz CT molecular complexity index is 571. The summed E-state index contributed by atoms with van der Waals surface area (Å²) in [7, 11) is -3.68. The minimum absolute atomic E-state index is 0.0285. The van der Waals surface area contributed by atoms with Gasteiger partial charge in [0, 0.05) is 26.6 Å². The first-order valence-electron chi connectivity index (χ1n) is 5.65. The summed E-state index contributed by atoms with van der Waals surface area (Å²) in [6.07, 6.45) is 0.632. The van der Waals surface area contributed by atoms with Crippen molar-refractivity contribution in [3.8, 4) is 0 Å². The monoisotopic (exact) mass is 306 g/mol. The molecule has 10 heteroatoms. The van der Waals surface area contributed by atoms with Crippen molar-refractivity contribution >= 4 is 32.4 Å². The van der Waals surface area contributed by atoms with Gasteiger partial charge in [-0.15, -0.1) is 10.2 Å². The normalized spacial score (nSPS) is 20.6. The Balaban J connectivity index is 2.16. The molecule has 1 amide bonds. The third-order valence-electron chi connectivity index (χ3n) is 2.76. The Hall–Kier alpha value is -1.10. The molecule has 0 aromatic carbocycles. The van der Waals surface area contributed by atoms with Crippen molar-refractivity contribution in [3.05, 3.63) is 0 Å². The summed E-state index contributed by atoms with van der Waals surface area (Å²) in [5.41, 5.74) is 0. The molecule has 1 aliphatic rings. The third kappa shape index (κ3) is 3.08. The van der Waals surface area contributed by atoms with Gasteiger partial charge in [-0.05, 0) is 12.3 Å². The van der Waals surface area contributed by atoms with Gasteiger partial charge in [-0.1, -0.05) is 11.3 Å². The quantitative estimate of drug-likeness (QED) is 0.725. The second-order valence-electron chi connectivity index (χ2n) is 4.25. The number of carbonyl (C=O) groups excluding carboxylic acids is 1. The maximum atomic E-state index is 12.2. The number of aliphatic hydroxyl groups is 1. The van der Waals surface area contributed by atoms with E-state index in [0.29, 0.717) is 13.0 Å². The van der Waals surface area contributed by atoms with Crippen molar-refractivity contribution in [1.82, 2.24) is 14.5 Å². The van der Waals surface area contributed by atoms with E-state index in [0.717, 1.165) is 11.3 Å². The van der Waals surface area contributed by atoms with Crippen LogP contribution in [0.15, 0.2) is 4.34 Å². The van der Waals surface area contributed by atoms with E-state index in [-0.39, 0.29) is 34.4 Å². The lowest BCUT2D eigenvalue weighted by Crippen LogP contribution is -2.29. The van der Waals surface area contributed by atoms with Crippen LogP contribution in [0.2, 0.25) is 0 Å². The predicted molar refractivity (Wildman–Crippen MR) is 68.2 cm³/mol. The first kappa shape index (κ1) is 14.3. The van der Waals surface area contributed by atoms with E-state index in [1.165, 1.54) is 11.2 Å². The average Bonchev–Trinajstić information content (AvgIpc) is 2.96. The number of carbonyl (C=O) groups is 1. The van der Waals surface area contributed by atoms with Gasteiger partial charge in [0.1, 0.15) is 0 Å². The first-order valence-corrected chi connectivity index (χ1v) is 7.91. The lowest BCUT2D eigenvalue weighted by atomic mass is 10.1. The van der Waals surface area contributed by atoms with Crippen LogP contribution in [0, 0.1) is 5.92 Å². The third-order valence-corrected chi connectivity index (χ3v) is 5.81. The largest absolute Gasteiger partial charge is 0.396 e. The Kier molecular flexibility index (Phi) is 4.13. The van der Waals surface area contributed by atoms with Crippen LogP contribution >= 0.6 is 11.3 Å². The van der Waals surface area contributed by atoms with Gasteiger partial charge in [0.25, 0.3) is 10.0 Å². The standard InChI is InChI=1S/C9H14N4O4S2/c1-6(15)10-8-11-12-9(18-8)19(16,17)13-3-2-7(4-13)5-14/h7,14H,2-5H2,1H3,(H,10,11,15). The summed E-state index contributed by atoms with van der Waals surface area (Å²) in [4.78, 5) is 10.9. The molecule has 2 heterocycles. The second kappa shape index (κ2) is 5.49. The van der Waals surface area contributed by atoms with Crippen molar-refractivity contribution in [1.29, 1.82) is 0 Å². The van der Waals surface area contributed by atoms with E-state index in [1.54, 1.807) is 0 Å². The number of anilines is 1. The Morgan fingerprint density at radius 3 is 2.89 bits per heavy atom.